The Morgan fingerprint density at radius 2 is 1.91 bits per heavy atom. The number of nitrogens with zero attached hydrogens (tertiary/aromatic N) is 5. The number of amides is 1. The molecule has 1 amide bonds. The number of anilines is 2. The summed E-state index contributed by atoms with van der Waals surface area (Å²) >= 11 is 1.45. The Kier molecular flexibility index (Phi) is 7.79. The van der Waals surface area contributed by atoms with Crippen LogP contribution >= 0.6 is 11.8 Å². The first-order chi connectivity index (χ1) is 16.4. The van der Waals surface area contributed by atoms with Crippen LogP contribution in [0.5, 0.6) is 0 Å². The Labute approximate surface area is 204 Å². The Morgan fingerprint density at radius 1 is 1.21 bits per heavy atom. The van der Waals surface area contributed by atoms with Gasteiger partial charge in [-0.15, -0.1) is 0 Å². The number of piperazine rings is 1. The lowest BCUT2D eigenvalue weighted by Gasteiger charge is -2.35. The molecule has 1 saturated heterocycles. The number of benzene rings is 1. The van der Waals surface area contributed by atoms with E-state index >= 15 is 0 Å². The summed E-state index contributed by atoms with van der Waals surface area (Å²) in [6.07, 6.45) is 3.39. The number of nitrogens with two attached hydrogens (primary N) is 1. The van der Waals surface area contributed by atoms with Crippen molar-refractivity contribution in [1.29, 1.82) is 5.41 Å². The van der Waals surface area contributed by atoms with E-state index in [1.54, 1.807) is 6.92 Å². The number of hydrogen-bond donors (Lipinski definition) is 3. The quantitative estimate of drug-likeness (QED) is 0.284. The molecule has 180 valence electrons. The van der Waals surface area contributed by atoms with E-state index in [9.17, 15) is 4.79 Å². The van der Waals surface area contributed by atoms with Gasteiger partial charge in [0.1, 0.15) is 11.7 Å². The standard InChI is InChI=1S/C24H32N8OS/c1-3-23(33)27-17-4-8-19(9-5-17)34-24-29-21(28-20(26)14-16(2)25)15-22(30-24)32-12-10-31(11-13-32)18-6-7-18/h4-5,8-9,15,18,25H,3,6-7,10-14H2,1-2H3,(H,27,33)(H2,26,28,29,30). The first kappa shape index (κ1) is 24.2. The molecule has 1 aliphatic carbocycles. The zero-order valence-electron chi connectivity index (χ0n) is 19.8. The third kappa shape index (κ3) is 6.77. The summed E-state index contributed by atoms with van der Waals surface area (Å²) in [7, 11) is 0. The molecule has 10 heteroatoms. The zero-order chi connectivity index (χ0) is 24.1. The van der Waals surface area contributed by atoms with Crippen LogP contribution in [0.15, 0.2) is 45.4 Å². The van der Waals surface area contributed by atoms with Crippen molar-refractivity contribution in [2.24, 2.45) is 10.7 Å². The van der Waals surface area contributed by atoms with Crippen molar-refractivity contribution in [3.8, 4) is 0 Å². The Morgan fingerprint density at radius 3 is 2.53 bits per heavy atom. The third-order valence-corrected chi connectivity index (χ3v) is 6.63. The Hall–Kier alpha value is -2.98. The first-order valence-corrected chi connectivity index (χ1v) is 12.5. The van der Waals surface area contributed by atoms with E-state index in [-0.39, 0.29) is 5.91 Å². The summed E-state index contributed by atoms with van der Waals surface area (Å²) < 4.78 is 0. The smallest absolute Gasteiger partial charge is 0.224 e. The second-order valence-corrected chi connectivity index (χ2v) is 9.75. The molecule has 9 nitrogen and oxygen atoms in total. The van der Waals surface area contributed by atoms with Crippen molar-refractivity contribution in [3.63, 3.8) is 0 Å². The van der Waals surface area contributed by atoms with Crippen LogP contribution in [-0.4, -0.2) is 64.5 Å². The van der Waals surface area contributed by atoms with E-state index in [1.807, 2.05) is 37.3 Å². The molecule has 1 aliphatic heterocycles. The summed E-state index contributed by atoms with van der Waals surface area (Å²) in [5.41, 5.74) is 7.27. The second-order valence-electron chi connectivity index (χ2n) is 8.71. The van der Waals surface area contributed by atoms with Crippen LogP contribution in [0.25, 0.3) is 0 Å². The topological polar surface area (TPSA) is 124 Å². The van der Waals surface area contributed by atoms with Crippen molar-refractivity contribution in [2.75, 3.05) is 36.4 Å². The maximum absolute atomic E-state index is 11.6. The molecule has 1 aromatic heterocycles. The molecule has 4 rings (SSSR count). The summed E-state index contributed by atoms with van der Waals surface area (Å²) in [6, 6.07) is 10.3. The van der Waals surface area contributed by atoms with Gasteiger partial charge in [-0.2, -0.15) is 0 Å². The number of aliphatic imine (C=N–C) groups is 1. The molecule has 4 N–H and O–H groups in total. The fourth-order valence-electron chi connectivity index (χ4n) is 3.84. The van der Waals surface area contributed by atoms with Crippen molar-refractivity contribution < 1.29 is 4.79 Å². The van der Waals surface area contributed by atoms with E-state index in [4.69, 9.17) is 16.1 Å². The van der Waals surface area contributed by atoms with E-state index in [2.05, 4.69) is 25.1 Å². The average molecular weight is 481 g/mol. The van der Waals surface area contributed by atoms with E-state index in [1.165, 1.54) is 24.6 Å². The first-order valence-electron chi connectivity index (χ1n) is 11.7. The van der Waals surface area contributed by atoms with Gasteiger partial charge in [0.2, 0.25) is 5.91 Å². The minimum absolute atomic E-state index is 0.0153. The summed E-state index contributed by atoms with van der Waals surface area (Å²) in [6.45, 7) is 7.45. The molecule has 0 radical (unpaired) electrons. The van der Waals surface area contributed by atoms with Gasteiger partial charge in [-0.05, 0) is 55.8 Å². The fraction of sp³-hybridized carbons (Fsp3) is 0.458. The van der Waals surface area contributed by atoms with Gasteiger partial charge < -0.3 is 21.4 Å². The van der Waals surface area contributed by atoms with Crippen LogP contribution in [0.3, 0.4) is 0 Å². The second kappa shape index (κ2) is 11.0. The van der Waals surface area contributed by atoms with Crippen LogP contribution in [0.2, 0.25) is 0 Å². The van der Waals surface area contributed by atoms with Gasteiger partial charge in [0.15, 0.2) is 11.0 Å². The van der Waals surface area contributed by atoms with Crippen LogP contribution in [0, 0.1) is 5.41 Å². The van der Waals surface area contributed by atoms with Gasteiger partial charge in [-0.3, -0.25) is 9.69 Å². The van der Waals surface area contributed by atoms with Crippen LogP contribution in [0.4, 0.5) is 17.3 Å². The van der Waals surface area contributed by atoms with Gasteiger partial charge in [0.25, 0.3) is 0 Å². The maximum Gasteiger partial charge on any atom is 0.224 e. The number of nitrogens with one attached hydrogen (secondary N) is 2. The van der Waals surface area contributed by atoms with Crippen molar-refractivity contribution >= 4 is 46.5 Å². The highest BCUT2D eigenvalue weighted by Gasteiger charge is 2.31. The molecule has 2 aliphatic rings. The monoisotopic (exact) mass is 480 g/mol. The molecule has 34 heavy (non-hydrogen) atoms. The molecular formula is C24H32N8OS. The molecule has 0 bridgehead atoms. The van der Waals surface area contributed by atoms with Crippen LogP contribution < -0.4 is 16.0 Å². The molecule has 1 aromatic carbocycles. The SMILES string of the molecule is CCC(=O)Nc1ccc(Sc2nc(N=C(N)CC(C)=N)cc(N3CCN(C4CC4)CC3)n2)cc1. The third-order valence-electron chi connectivity index (χ3n) is 5.75. The largest absolute Gasteiger partial charge is 0.387 e. The highest BCUT2D eigenvalue weighted by Crippen LogP contribution is 2.31. The predicted octanol–water partition coefficient (Wildman–Crippen LogP) is 3.68. The molecular weight excluding hydrogens is 448 g/mol. The van der Waals surface area contributed by atoms with Crippen LogP contribution in [0.1, 0.15) is 39.5 Å². The van der Waals surface area contributed by atoms with Gasteiger partial charge in [0, 0.05) is 67.4 Å². The normalized spacial score (nSPS) is 17.0. The van der Waals surface area contributed by atoms with Crippen molar-refractivity contribution in [2.45, 2.75) is 55.6 Å². The van der Waals surface area contributed by atoms with E-state index < -0.39 is 0 Å². The molecule has 0 spiro atoms. The van der Waals surface area contributed by atoms with E-state index in [0.29, 0.717) is 35.4 Å². The molecule has 2 fully saturated rings. The Balaban J connectivity index is 1.54. The minimum Gasteiger partial charge on any atom is -0.387 e. The van der Waals surface area contributed by atoms with Crippen molar-refractivity contribution in [1.82, 2.24) is 14.9 Å². The maximum atomic E-state index is 11.6. The van der Waals surface area contributed by atoms with Gasteiger partial charge in [-0.25, -0.2) is 15.0 Å². The van der Waals surface area contributed by atoms with Crippen molar-refractivity contribution in [3.05, 3.63) is 30.3 Å². The number of rotatable bonds is 9. The highest BCUT2D eigenvalue weighted by molar-refractivity contribution is 7.99. The molecule has 0 atom stereocenters. The lowest BCUT2D eigenvalue weighted by Crippen LogP contribution is -2.47. The summed E-state index contributed by atoms with van der Waals surface area (Å²) in [4.78, 5) is 31.3. The number of aromatic nitrogens is 2. The number of amidine groups is 1. The average Bonchev–Trinajstić information content (AvgIpc) is 3.65. The molecule has 2 aromatic rings. The Bertz CT molecular complexity index is 1060. The van der Waals surface area contributed by atoms with Crippen LogP contribution in [-0.2, 0) is 4.79 Å². The fourth-order valence-corrected chi connectivity index (χ4v) is 4.60. The lowest BCUT2D eigenvalue weighted by molar-refractivity contribution is -0.115. The van der Waals surface area contributed by atoms with E-state index in [0.717, 1.165) is 48.6 Å². The number of hydrogen-bond acceptors (Lipinski definition) is 8. The molecule has 0 unspecified atom stereocenters. The van der Waals surface area contributed by atoms with Gasteiger partial charge in [-0.1, -0.05) is 6.92 Å². The molecule has 1 saturated carbocycles. The van der Waals surface area contributed by atoms with Gasteiger partial charge in [0.05, 0.1) is 0 Å². The highest BCUT2D eigenvalue weighted by atomic mass is 32.2. The number of carbonyl (C=O) groups excluding carboxylic acids is 1. The van der Waals surface area contributed by atoms with Gasteiger partial charge >= 0.3 is 0 Å². The minimum atomic E-state index is -0.0153. The number of carbonyl (C=O) groups is 1. The predicted molar refractivity (Wildman–Crippen MR) is 138 cm³/mol. The summed E-state index contributed by atoms with van der Waals surface area (Å²) in [5.74, 6) is 1.70. The summed E-state index contributed by atoms with van der Waals surface area (Å²) in [5, 5.41) is 11.1. The molecule has 2 heterocycles. The lowest BCUT2D eigenvalue weighted by atomic mass is 10.3. The zero-order valence-corrected chi connectivity index (χ0v) is 20.6.